The second-order valence-corrected chi connectivity index (χ2v) is 9.26. The molecule has 0 aromatic heterocycles. The third-order valence-corrected chi connectivity index (χ3v) is 5.41. The van der Waals surface area contributed by atoms with Crippen LogP contribution in [0.4, 0.5) is 0 Å². The fourth-order valence-corrected chi connectivity index (χ4v) is 3.34. The van der Waals surface area contributed by atoms with Crippen LogP contribution in [0.1, 0.15) is 81.1 Å². The number of carbonyl (C=O) groups excluding carboxylic acids is 2. The van der Waals surface area contributed by atoms with Crippen LogP contribution < -0.4 is 5.73 Å². The number of esters is 1. The third kappa shape index (κ3) is 9.70. The first-order chi connectivity index (χ1) is 12.3. The highest BCUT2D eigenvalue weighted by atomic mass is 16.6. The molecule has 0 aliphatic heterocycles. The molecule has 0 aliphatic carbocycles. The lowest BCUT2D eigenvalue weighted by molar-refractivity contribution is -0.159. The largest absolute Gasteiger partial charge is 0.460 e. The van der Waals surface area contributed by atoms with Crippen molar-refractivity contribution in [2.24, 2.45) is 29.4 Å². The molecule has 0 fully saturated rings. The maximum atomic E-state index is 12.5. The summed E-state index contributed by atoms with van der Waals surface area (Å²) < 4.78 is 11.2. The molecule has 2 N–H and O–H groups in total. The van der Waals surface area contributed by atoms with E-state index in [0.717, 1.165) is 19.3 Å². The molecular formula is C22H43NO4. The molecule has 0 radical (unpaired) electrons. The standard InChI is InChI=1S/C22H43NO4/c1-10-15(4)17(12-11-16(5)21(25)20(23)14(2)3)18(26-9)13-19(24)27-22(6,7)8/h14-18,20H,10-13,23H2,1-9H3/t15-,16?,17?,18+,20-/m0/s1. The topological polar surface area (TPSA) is 78.6 Å². The lowest BCUT2D eigenvalue weighted by atomic mass is 9.79. The van der Waals surface area contributed by atoms with E-state index in [2.05, 4.69) is 13.8 Å². The molecule has 2 unspecified atom stereocenters. The molecule has 0 saturated heterocycles. The average Bonchev–Trinajstić information content (AvgIpc) is 2.56. The van der Waals surface area contributed by atoms with Gasteiger partial charge in [-0.2, -0.15) is 0 Å². The number of carbonyl (C=O) groups is 2. The zero-order valence-corrected chi connectivity index (χ0v) is 19.0. The van der Waals surface area contributed by atoms with Gasteiger partial charge in [0.2, 0.25) is 0 Å². The summed E-state index contributed by atoms with van der Waals surface area (Å²) in [6.07, 6.45) is 2.59. The molecular weight excluding hydrogens is 342 g/mol. The number of nitrogens with two attached hydrogens (primary N) is 1. The number of ketones is 1. The van der Waals surface area contributed by atoms with Crippen LogP contribution >= 0.6 is 0 Å². The van der Waals surface area contributed by atoms with Crippen molar-refractivity contribution < 1.29 is 19.1 Å². The molecule has 0 aliphatic rings. The number of ether oxygens (including phenoxy) is 2. The molecule has 5 heteroatoms. The van der Waals surface area contributed by atoms with Gasteiger partial charge >= 0.3 is 5.97 Å². The predicted octanol–water partition coefficient (Wildman–Crippen LogP) is 4.36. The fraction of sp³-hybridized carbons (Fsp3) is 0.909. The summed E-state index contributed by atoms with van der Waals surface area (Å²) in [6.45, 7) is 15.8. The Morgan fingerprint density at radius 2 is 1.59 bits per heavy atom. The minimum absolute atomic E-state index is 0.0898. The van der Waals surface area contributed by atoms with Crippen LogP contribution in [-0.2, 0) is 19.1 Å². The molecule has 0 amide bonds. The molecule has 5 nitrogen and oxygen atoms in total. The lowest BCUT2D eigenvalue weighted by Gasteiger charge is -2.32. The molecule has 5 atom stereocenters. The van der Waals surface area contributed by atoms with Gasteiger partial charge < -0.3 is 15.2 Å². The normalized spacial score (nSPS) is 17.9. The van der Waals surface area contributed by atoms with Gasteiger partial charge in [-0.15, -0.1) is 0 Å². The van der Waals surface area contributed by atoms with E-state index in [0.29, 0.717) is 5.92 Å². The van der Waals surface area contributed by atoms with E-state index < -0.39 is 11.6 Å². The predicted molar refractivity (Wildman–Crippen MR) is 110 cm³/mol. The van der Waals surface area contributed by atoms with E-state index in [1.54, 1.807) is 7.11 Å². The smallest absolute Gasteiger partial charge is 0.308 e. The van der Waals surface area contributed by atoms with Gasteiger partial charge in [0.15, 0.2) is 5.78 Å². The number of hydrogen-bond acceptors (Lipinski definition) is 5. The third-order valence-electron chi connectivity index (χ3n) is 5.41. The van der Waals surface area contributed by atoms with E-state index in [1.807, 2.05) is 41.5 Å². The highest BCUT2D eigenvalue weighted by molar-refractivity contribution is 5.86. The summed E-state index contributed by atoms with van der Waals surface area (Å²) in [6, 6.07) is -0.415. The highest BCUT2D eigenvalue weighted by Gasteiger charge is 2.31. The molecule has 0 heterocycles. The Morgan fingerprint density at radius 3 is 2.00 bits per heavy atom. The van der Waals surface area contributed by atoms with Crippen LogP contribution in [0.25, 0.3) is 0 Å². The van der Waals surface area contributed by atoms with E-state index in [9.17, 15) is 9.59 Å². The van der Waals surface area contributed by atoms with Gasteiger partial charge in [0.1, 0.15) is 5.60 Å². The van der Waals surface area contributed by atoms with Crippen molar-refractivity contribution in [1.29, 1.82) is 0 Å². The summed E-state index contributed by atoms with van der Waals surface area (Å²) in [4.78, 5) is 24.8. The van der Waals surface area contributed by atoms with Crippen LogP contribution in [-0.4, -0.2) is 36.6 Å². The summed E-state index contributed by atoms with van der Waals surface area (Å²) in [5.41, 5.74) is 5.52. The number of Topliss-reactive ketones (excluding diaryl/α,β-unsaturated/α-hetero) is 1. The highest BCUT2D eigenvalue weighted by Crippen LogP contribution is 2.30. The van der Waals surface area contributed by atoms with Gasteiger partial charge in [0.05, 0.1) is 18.6 Å². The Morgan fingerprint density at radius 1 is 1.04 bits per heavy atom. The van der Waals surface area contributed by atoms with Crippen molar-refractivity contribution in [2.45, 2.75) is 98.8 Å². The first-order valence-electron chi connectivity index (χ1n) is 10.4. The maximum Gasteiger partial charge on any atom is 0.308 e. The van der Waals surface area contributed by atoms with Crippen molar-refractivity contribution in [2.75, 3.05) is 7.11 Å². The lowest BCUT2D eigenvalue weighted by Crippen LogP contribution is -2.39. The van der Waals surface area contributed by atoms with Crippen molar-refractivity contribution in [1.82, 2.24) is 0 Å². The molecule has 0 rings (SSSR count). The Kier molecular flexibility index (Phi) is 11.4. The van der Waals surface area contributed by atoms with E-state index in [4.69, 9.17) is 15.2 Å². The van der Waals surface area contributed by atoms with Crippen LogP contribution in [0.2, 0.25) is 0 Å². The number of rotatable bonds is 12. The van der Waals surface area contributed by atoms with E-state index >= 15 is 0 Å². The minimum atomic E-state index is -0.505. The maximum absolute atomic E-state index is 12.5. The van der Waals surface area contributed by atoms with Crippen molar-refractivity contribution in [3.8, 4) is 0 Å². The Hall–Kier alpha value is -0.940. The molecule has 27 heavy (non-hydrogen) atoms. The number of methoxy groups -OCH3 is 1. The fourth-order valence-electron chi connectivity index (χ4n) is 3.34. The van der Waals surface area contributed by atoms with E-state index in [-0.39, 0.29) is 42.0 Å². The molecule has 160 valence electrons. The first kappa shape index (κ1) is 26.1. The molecule has 0 aromatic rings. The molecule has 0 saturated carbocycles. The van der Waals surface area contributed by atoms with Crippen molar-refractivity contribution in [3.63, 3.8) is 0 Å². The van der Waals surface area contributed by atoms with Gasteiger partial charge in [0, 0.05) is 13.0 Å². The summed E-state index contributed by atoms with van der Waals surface area (Å²) in [7, 11) is 1.65. The molecule has 0 bridgehead atoms. The van der Waals surface area contributed by atoms with Crippen LogP contribution in [0, 0.1) is 23.7 Å². The van der Waals surface area contributed by atoms with E-state index in [1.165, 1.54) is 0 Å². The van der Waals surface area contributed by atoms with Crippen LogP contribution in [0.15, 0.2) is 0 Å². The monoisotopic (exact) mass is 385 g/mol. The zero-order chi connectivity index (χ0) is 21.4. The quantitative estimate of drug-likeness (QED) is 0.505. The summed E-state index contributed by atoms with van der Waals surface area (Å²) in [5.74, 6) is 0.510. The Labute approximate surface area is 166 Å². The molecule has 0 spiro atoms. The number of hydrogen-bond donors (Lipinski definition) is 1. The second-order valence-electron chi connectivity index (χ2n) is 9.26. The Balaban J connectivity index is 5.03. The van der Waals surface area contributed by atoms with Gasteiger partial charge in [0.25, 0.3) is 0 Å². The van der Waals surface area contributed by atoms with Crippen LogP contribution in [0.5, 0.6) is 0 Å². The van der Waals surface area contributed by atoms with Crippen LogP contribution in [0.3, 0.4) is 0 Å². The average molecular weight is 386 g/mol. The van der Waals surface area contributed by atoms with Gasteiger partial charge in [-0.25, -0.2) is 0 Å². The Bertz CT molecular complexity index is 456. The SMILES string of the molecule is CC[C@H](C)C(CCC(C)C(=O)[C@@H](N)C(C)C)[C@@H](CC(=O)OC(C)(C)C)OC. The summed E-state index contributed by atoms with van der Waals surface area (Å²) in [5, 5.41) is 0. The second kappa shape index (κ2) is 11.8. The molecule has 0 aromatic carbocycles. The van der Waals surface area contributed by atoms with Gasteiger partial charge in [-0.3, -0.25) is 9.59 Å². The summed E-state index contributed by atoms with van der Waals surface area (Å²) >= 11 is 0. The van der Waals surface area contributed by atoms with Crippen molar-refractivity contribution in [3.05, 3.63) is 0 Å². The minimum Gasteiger partial charge on any atom is -0.460 e. The zero-order valence-electron chi connectivity index (χ0n) is 19.0. The van der Waals surface area contributed by atoms with Gasteiger partial charge in [-0.05, 0) is 51.4 Å². The first-order valence-corrected chi connectivity index (χ1v) is 10.4. The van der Waals surface area contributed by atoms with Crippen molar-refractivity contribution >= 4 is 11.8 Å². The van der Waals surface area contributed by atoms with Gasteiger partial charge in [-0.1, -0.05) is 41.0 Å².